The van der Waals surface area contributed by atoms with Crippen LogP contribution >= 0.6 is 0 Å². The van der Waals surface area contributed by atoms with Gasteiger partial charge in [-0.2, -0.15) is 0 Å². The van der Waals surface area contributed by atoms with Crippen molar-refractivity contribution in [1.82, 2.24) is 0 Å². The zero-order valence-electron chi connectivity index (χ0n) is 18.2. The molecular formula is C26H23NO6. The highest BCUT2D eigenvalue weighted by atomic mass is 16.5. The lowest BCUT2D eigenvalue weighted by atomic mass is 10.1. The molecule has 33 heavy (non-hydrogen) atoms. The topological polar surface area (TPSA) is 90.9 Å². The molecule has 3 aromatic carbocycles. The number of hydrogen-bond donors (Lipinski definition) is 1. The number of amides is 1. The number of benzene rings is 3. The van der Waals surface area contributed by atoms with E-state index in [1.54, 1.807) is 48.5 Å². The molecule has 0 aliphatic heterocycles. The molecule has 7 heteroatoms. The lowest BCUT2D eigenvalue weighted by molar-refractivity contribution is -0.128. The van der Waals surface area contributed by atoms with Crippen molar-refractivity contribution in [2.45, 2.75) is 13.5 Å². The van der Waals surface area contributed by atoms with Crippen LogP contribution in [0.5, 0.6) is 11.5 Å². The molecule has 168 valence electrons. The zero-order valence-corrected chi connectivity index (χ0v) is 18.2. The largest absolute Gasteiger partial charge is 0.496 e. The Balaban J connectivity index is 1.60. The molecule has 0 bridgehead atoms. The normalized spacial score (nSPS) is 10.5. The van der Waals surface area contributed by atoms with E-state index in [0.29, 0.717) is 22.7 Å². The molecule has 7 nitrogen and oxygen atoms in total. The number of methoxy groups -OCH3 is 1. The molecule has 0 aliphatic rings. The van der Waals surface area contributed by atoms with Gasteiger partial charge in [0.05, 0.1) is 7.11 Å². The molecule has 1 amide bonds. The van der Waals surface area contributed by atoms with E-state index in [9.17, 15) is 14.4 Å². The highest BCUT2D eigenvalue weighted by molar-refractivity contribution is 5.94. The predicted octanol–water partition coefficient (Wildman–Crippen LogP) is 4.63. The standard InChI is InChI=1S/C26H23NO6/c1-18(28)27-21-10-12-22(13-11-21)33-25(29)15-9-19-8-14-23(24(16-19)31-2)26(30)32-17-20-6-4-3-5-7-20/h3-16H,17H2,1-2H3,(H,27,28)/b15-9+. The van der Waals surface area contributed by atoms with Crippen molar-refractivity contribution < 1.29 is 28.6 Å². The van der Waals surface area contributed by atoms with Gasteiger partial charge >= 0.3 is 11.9 Å². The van der Waals surface area contributed by atoms with E-state index in [-0.39, 0.29) is 18.1 Å². The van der Waals surface area contributed by atoms with Crippen LogP contribution in [0.4, 0.5) is 5.69 Å². The summed E-state index contributed by atoms with van der Waals surface area (Å²) in [7, 11) is 1.45. The van der Waals surface area contributed by atoms with Crippen LogP contribution in [0, 0.1) is 0 Å². The number of carbonyl (C=O) groups excluding carboxylic acids is 3. The number of rotatable bonds is 8. The van der Waals surface area contributed by atoms with Crippen molar-refractivity contribution >= 4 is 29.6 Å². The van der Waals surface area contributed by atoms with Crippen molar-refractivity contribution in [3.8, 4) is 11.5 Å². The molecule has 0 saturated carbocycles. The first-order chi connectivity index (χ1) is 15.9. The summed E-state index contributed by atoms with van der Waals surface area (Å²) in [6, 6.07) is 20.7. The Hall–Kier alpha value is -4.39. The second kappa shape index (κ2) is 11.3. The Morgan fingerprint density at radius 1 is 0.939 bits per heavy atom. The smallest absolute Gasteiger partial charge is 0.342 e. The fraction of sp³-hybridized carbons (Fsp3) is 0.115. The number of hydrogen-bond acceptors (Lipinski definition) is 6. The number of anilines is 1. The van der Waals surface area contributed by atoms with E-state index >= 15 is 0 Å². The number of ether oxygens (including phenoxy) is 3. The van der Waals surface area contributed by atoms with Crippen LogP contribution in [0.3, 0.4) is 0 Å². The van der Waals surface area contributed by atoms with Gasteiger partial charge in [-0.25, -0.2) is 9.59 Å². The van der Waals surface area contributed by atoms with Crippen LogP contribution in [0.25, 0.3) is 6.08 Å². The number of nitrogens with one attached hydrogen (secondary N) is 1. The van der Waals surface area contributed by atoms with E-state index in [4.69, 9.17) is 14.2 Å². The summed E-state index contributed by atoms with van der Waals surface area (Å²) in [5, 5.41) is 2.63. The molecule has 3 rings (SSSR count). The molecule has 0 aliphatic carbocycles. The fourth-order valence-corrected chi connectivity index (χ4v) is 2.90. The molecule has 0 heterocycles. The minimum atomic E-state index is -0.576. The van der Waals surface area contributed by atoms with Gasteiger partial charge in [-0.1, -0.05) is 36.4 Å². The molecule has 0 unspecified atom stereocenters. The summed E-state index contributed by atoms with van der Waals surface area (Å²) in [6.07, 6.45) is 2.82. The van der Waals surface area contributed by atoms with Crippen LogP contribution < -0.4 is 14.8 Å². The van der Waals surface area contributed by atoms with Gasteiger partial charge in [0.1, 0.15) is 23.7 Å². The van der Waals surface area contributed by atoms with Crippen LogP contribution in [-0.2, 0) is 20.9 Å². The van der Waals surface area contributed by atoms with Crippen LogP contribution in [0.2, 0.25) is 0 Å². The minimum Gasteiger partial charge on any atom is -0.496 e. The quantitative estimate of drug-likeness (QED) is 0.309. The number of esters is 2. The highest BCUT2D eigenvalue weighted by Gasteiger charge is 2.14. The first-order valence-corrected chi connectivity index (χ1v) is 10.1. The van der Waals surface area contributed by atoms with Crippen molar-refractivity contribution in [3.63, 3.8) is 0 Å². The average molecular weight is 445 g/mol. The molecule has 0 atom stereocenters. The summed E-state index contributed by atoms with van der Waals surface area (Å²) >= 11 is 0. The van der Waals surface area contributed by atoms with Gasteiger partial charge in [-0.05, 0) is 53.6 Å². The first kappa shape index (κ1) is 23.3. The Labute approximate surface area is 191 Å². The second-order valence-electron chi connectivity index (χ2n) is 6.98. The zero-order chi connectivity index (χ0) is 23.6. The van der Waals surface area contributed by atoms with Gasteiger partial charge in [-0.15, -0.1) is 0 Å². The summed E-state index contributed by atoms with van der Waals surface area (Å²) in [5.74, 6) is -0.598. The SMILES string of the molecule is COc1cc(/C=C/C(=O)Oc2ccc(NC(C)=O)cc2)ccc1C(=O)OCc1ccccc1. The van der Waals surface area contributed by atoms with Gasteiger partial charge in [0.25, 0.3) is 0 Å². The Morgan fingerprint density at radius 3 is 2.33 bits per heavy atom. The monoisotopic (exact) mass is 445 g/mol. The van der Waals surface area contributed by atoms with Gasteiger partial charge in [0.2, 0.25) is 5.91 Å². The van der Waals surface area contributed by atoms with E-state index in [2.05, 4.69) is 5.32 Å². The predicted molar refractivity (Wildman–Crippen MR) is 124 cm³/mol. The lowest BCUT2D eigenvalue weighted by Crippen LogP contribution is -2.07. The third-order valence-corrected chi connectivity index (χ3v) is 4.46. The van der Waals surface area contributed by atoms with Gasteiger partial charge in [-0.3, -0.25) is 4.79 Å². The van der Waals surface area contributed by atoms with Gasteiger partial charge in [0.15, 0.2) is 0 Å². The Morgan fingerprint density at radius 2 is 1.67 bits per heavy atom. The van der Waals surface area contributed by atoms with Crippen molar-refractivity contribution in [2.24, 2.45) is 0 Å². The Bertz CT molecular complexity index is 1150. The summed E-state index contributed by atoms with van der Waals surface area (Å²) in [4.78, 5) is 35.6. The maximum absolute atomic E-state index is 12.4. The summed E-state index contributed by atoms with van der Waals surface area (Å²) in [6.45, 7) is 1.57. The summed E-state index contributed by atoms with van der Waals surface area (Å²) in [5.41, 5.74) is 2.41. The van der Waals surface area contributed by atoms with Gasteiger partial charge in [0, 0.05) is 18.7 Å². The minimum absolute atomic E-state index is 0.155. The number of carbonyl (C=O) groups is 3. The molecule has 0 fully saturated rings. The molecule has 3 aromatic rings. The third kappa shape index (κ3) is 7.07. The lowest BCUT2D eigenvalue weighted by Gasteiger charge is -2.10. The molecular weight excluding hydrogens is 422 g/mol. The Kier molecular flexibility index (Phi) is 7.96. The van der Waals surface area contributed by atoms with E-state index in [1.807, 2.05) is 30.3 Å². The maximum Gasteiger partial charge on any atom is 0.342 e. The van der Waals surface area contributed by atoms with Gasteiger partial charge < -0.3 is 19.5 Å². The van der Waals surface area contributed by atoms with Crippen LogP contribution in [-0.4, -0.2) is 25.0 Å². The molecule has 0 aromatic heterocycles. The van der Waals surface area contributed by atoms with Crippen molar-refractivity contribution in [1.29, 1.82) is 0 Å². The molecule has 1 N–H and O–H groups in total. The van der Waals surface area contributed by atoms with Crippen LogP contribution in [0.1, 0.15) is 28.4 Å². The highest BCUT2D eigenvalue weighted by Crippen LogP contribution is 2.23. The fourth-order valence-electron chi connectivity index (χ4n) is 2.90. The second-order valence-corrected chi connectivity index (χ2v) is 6.98. The molecule has 0 saturated heterocycles. The van der Waals surface area contributed by atoms with E-state index in [0.717, 1.165) is 5.56 Å². The molecule has 0 radical (unpaired) electrons. The summed E-state index contributed by atoms with van der Waals surface area (Å²) < 4.78 is 15.9. The van der Waals surface area contributed by atoms with Crippen molar-refractivity contribution in [2.75, 3.05) is 12.4 Å². The van der Waals surface area contributed by atoms with E-state index in [1.165, 1.54) is 20.1 Å². The van der Waals surface area contributed by atoms with Crippen molar-refractivity contribution in [3.05, 3.63) is 95.6 Å². The average Bonchev–Trinajstić information content (AvgIpc) is 2.82. The van der Waals surface area contributed by atoms with E-state index < -0.39 is 11.9 Å². The first-order valence-electron chi connectivity index (χ1n) is 10.1. The third-order valence-electron chi connectivity index (χ3n) is 4.46. The maximum atomic E-state index is 12.4. The van der Waals surface area contributed by atoms with Crippen LogP contribution in [0.15, 0.2) is 78.9 Å². The molecule has 0 spiro atoms.